The highest BCUT2D eigenvalue weighted by Crippen LogP contribution is 2.32. The monoisotopic (exact) mass is 160 g/mol. The van der Waals surface area contributed by atoms with E-state index in [4.69, 9.17) is 0 Å². The summed E-state index contributed by atoms with van der Waals surface area (Å²) in [6.07, 6.45) is 2.71. The molecule has 1 aliphatic carbocycles. The van der Waals surface area contributed by atoms with E-state index < -0.39 is 0 Å². The van der Waals surface area contributed by atoms with Gasteiger partial charge in [-0.05, 0) is 24.5 Å². The van der Waals surface area contributed by atoms with Crippen LogP contribution >= 0.6 is 11.8 Å². The molecule has 2 nitrogen and oxygen atoms in total. The van der Waals surface area contributed by atoms with Crippen LogP contribution in [0.5, 0.6) is 0 Å². The lowest BCUT2D eigenvalue weighted by Crippen LogP contribution is -2.03. The lowest BCUT2D eigenvalue weighted by Gasteiger charge is -1.96. The first-order valence-electron chi connectivity index (χ1n) is 3.47. The lowest BCUT2D eigenvalue weighted by molar-refractivity contribution is -0.137. The first-order valence-corrected chi connectivity index (χ1v) is 4.63. The minimum absolute atomic E-state index is 0.106. The van der Waals surface area contributed by atoms with Crippen LogP contribution in [0.25, 0.3) is 0 Å². The molecule has 0 aromatic carbocycles. The van der Waals surface area contributed by atoms with Gasteiger partial charge in [0.25, 0.3) is 0 Å². The van der Waals surface area contributed by atoms with Crippen molar-refractivity contribution in [3.8, 4) is 0 Å². The molecule has 0 unspecified atom stereocenters. The Morgan fingerprint density at radius 2 is 2.40 bits per heavy atom. The first-order chi connectivity index (χ1) is 4.83. The van der Waals surface area contributed by atoms with Crippen LogP contribution in [0.15, 0.2) is 0 Å². The molecule has 0 aromatic rings. The molecule has 0 heterocycles. The number of methoxy groups -OCH3 is 1. The first kappa shape index (κ1) is 7.92. The Morgan fingerprint density at radius 3 is 2.90 bits per heavy atom. The van der Waals surface area contributed by atoms with E-state index in [1.807, 2.05) is 0 Å². The third kappa shape index (κ3) is 3.11. The third-order valence-electron chi connectivity index (χ3n) is 1.50. The van der Waals surface area contributed by atoms with Crippen molar-refractivity contribution in [1.82, 2.24) is 0 Å². The van der Waals surface area contributed by atoms with Crippen LogP contribution in [0.1, 0.15) is 12.8 Å². The predicted molar refractivity (Wildman–Crippen MR) is 42.1 cm³/mol. The Morgan fingerprint density at radius 1 is 1.70 bits per heavy atom. The number of rotatable bonds is 4. The highest BCUT2D eigenvalue weighted by Gasteiger charge is 2.21. The molecule has 1 saturated carbocycles. The molecule has 0 bridgehead atoms. The summed E-state index contributed by atoms with van der Waals surface area (Å²) in [6.45, 7) is 0. The van der Waals surface area contributed by atoms with Gasteiger partial charge in [0.15, 0.2) is 0 Å². The second-order valence-electron chi connectivity index (χ2n) is 2.53. The Bertz CT molecular complexity index is 121. The standard InChI is InChI=1S/C7H12O2S/c1-9-7(8)5-10-4-6-2-3-6/h6H,2-5H2,1H3. The molecule has 0 amide bonds. The molecule has 1 aliphatic rings. The molecule has 0 aromatic heterocycles. The second kappa shape index (κ2) is 3.86. The van der Waals surface area contributed by atoms with Gasteiger partial charge in [0.05, 0.1) is 12.9 Å². The fourth-order valence-electron chi connectivity index (χ4n) is 0.652. The van der Waals surface area contributed by atoms with Crippen molar-refractivity contribution in [3.05, 3.63) is 0 Å². The van der Waals surface area contributed by atoms with Crippen molar-refractivity contribution in [1.29, 1.82) is 0 Å². The summed E-state index contributed by atoms with van der Waals surface area (Å²) in [6, 6.07) is 0. The summed E-state index contributed by atoms with van der Waals surface area (Å²) in [7, 11) is 1.43. The van der Waals surface area contributed by atoms with E-state index in [1.54, 1.807) is 11.8 Å². The molecule has 0 radical (unpaired) electrons. The Labute approximate surface area is 65.3 Å². The maximum absolute atomic E-state index is 10.6. The molecule has 0 aliphatic heterocycles. The number of hydrogen-bond acceptors (Lipinski definition) is 3. The van der Waals surface area contributed by atoms with Crippen molar-refractivity contribution in [2.75, 3.05) is 18.6 Å². The zero-order chi connectivity index (χ0) is 7.40. The van der Waals surface area contributed by atoms with Crippen LogP contribution in [0.3, 0.4) is 0 Å². The molecule has 1 rings (SSSR count). The van der Waals surface area contributed by atoms with Gasteiger partial charge in [0.1, 0.15) is 0 Å². The van der Waals surface area contributed by atoms with E-state index in [-0.39, 0.29) is 5.97 Å². The van der Waals surface area contributed by atoms with Crippen molar-refractivity contribution >= 4 is 17.7 Å². The number of esters is 1. The summed E-state index contributed by atoms with van der Waals surface area (Å²) < 4.78 is 4.49. The number of carbonyl (C=O) groups is 1. The fraction of sp³-hybridized carbons (Fsp3) is 0.857. The quantitative estimate of drug-likeness (QED) is 0.580. The van der Waals surface area contributed by atoms with Crippen molar-refractivity contribution in [3.63, 3.8) is 0 Å². The molecule has 58 valence electrons. The summed E-state index contributed by atoms with van der Waals surface area (Å²) in [4.78, 5) is 10.6. The van der Waals surface area contributed by atoms with Gasteiger partial charge in [-0.2, -0.15) is 0 Å². The molecule has 3 heteroatoms. The number of thioether (sulfide) groups is 1. The van der Waals surface area contributed by atoms with E-state index in [1.165, 1.54) is 20.0 Å². The topological polar surface area (TPSA) is 26.3 Å². The van der Waals surface area contributed by atoms with Gasteiger partial charge in [0, 0.05) is 0 Å². The normalized spacial score (nSPS) is 16.9. The zero-order valence-electron chi connectivity index (χ0n) is 6.13. The average Bonchev–Trinajstić information content (AvgIpc) is 2.71. The van der Waals surface area contributed by atoms with Crippen LogP contribution in [0, 0.1) is 5.92 Å². The van der Waals surface area contributed by atoms with Crippen molar-refractivity contribution < 1.29 is 9.53 Å². The van der Waals surface area contributed by atoms with Gasteiger partial charge in [-0.25, -0.2) is 0 Å². The van der Waals surface area contributed by atoms with Gasteiger partial charge in [0.2, 0.25) is 0 Å². The average molecular weight is 160 g/mol. The van der Waals surface area contributed by atoms with Gasteiger partial charge < -0.3 is 4.74 Å². The Balaban J connectivity index is 1.88. The van der Waals surface area contributed by atoms with Crippen LogP contribution < -0.4 is 0 Å². The van der Waals surface area contributed by atoms with Gasteiger partial charge in [-0.1, -0.05) is 0 Å². The minimum atomic E-state index is -0.106. The van der Waals surface area contributed by atoms with Crippen molar-refractivity contribution in [2.24, 2.45) is 5.92 Å². The second-order valence-corrected chi connectivity index (χ2v) is 3.56. The molecule has 0 atom stereocenters. The number of hydrogen-bond donors (Lipinski definition) is 0. The Hall–Kier alpha value is -0.180. The maximum Gasteiger partial charge on any atom is 0.315 e. The molecule has 1 fully saturated rings. The molecule has 10 heavy (non-hydrogen) atoms. The van der Waals surface area contributed by atoms with Gasteiger partial charge in [-0.15, -0.1) is 11.8 Å². The molecule has 0 spiro atoms. The zero-order valence-corrected chi connectivity index (χ0v) is 6.95. The van der Waals surface area contributed by atoms with Crippen LogP contribution in [0.4, 0.5) is 0 Å². The molecular formula is C7H12O2S. The third-order valence-corrected chi connectivity index (χ3v) is 2.64. The number of ether oxygens (including phenoxy) is 1. The Kier molecular flexibility index (Phi) is 3.06. The lowest BCUT2D eigenvalue weighted by atomic mass is 10.5. The fourth-order valence-corrected chi connectivity index (χ4v) is 1.72. The van der Waals surface area contributed by atoms with Crippen LogP contribution in [0.2, 0.25) is 0 Å². The molecular weight excluding hydrogens is 148 g/mol. The largest absolute Gasteiger partial charge is 0.468 e. The summed E-state index contributed by atoms with van der Waals surface area (Å²) >= 11 is 1.68. The number of carbonyl (C=O) groups excluding carboxylic acids is 1. The highest BCUT2D eigenvalue weighted by atomic mass is 32.2. The molecule has 0 saturated heterocycles. The van der Waals surface area contributed by atoms with Crippen LogP contribution in [-0.2, 0) is 9.53 Å². The summed E-state index contributed by atoms with van der Waals surface area (Å²) in [5.41, 5.74) is 0. The van der Waals surface area contributed by atoms with E-state index in [0.717, 1.165) is 11.7 Å². The minimum Gasteiger partial charge on any atom is -0.468 e. The molecule has 0 N–H and O–H groups in total. The van der Waals surface area contributed by atoms with E-state index in [2.05, 4.69) is 4.74 Å². The highest BCUT2D eigenvalue weighted by molar-refractivity contribution is 7.99. The van der Waals surface area contributed by atoms with E-state index in [0.29, 0.717) is 5.75 Å². The smallest absolute Gasteiger partial charge is 0.315 e. The van der Waals surface area contributed by atoms with E-state index >= 15 is 0 Å². The predicted octanol–water partition coefficient (Wildman–Crippen LogP) is 1.30. The van der Waals surface area contributed by atoms with Gasteiger partial charge in [-0.3, -0.25) is 4.79 Å². The maximum atomic E-state index is 10.6. The SMILES string of the molecule is COC(=O)CSCC1CC1. The summed E-state index contributed by atoms with van der Waals surface area (Å²) in [5.74, 6) is 2.45. The van der Waals surface area contributed by atoms with Crippen LogP contribution in [-0.4, -0.2) is 24.6 Å². The van der Waals surface area contributed by atoms with E-state index in [9.17, 15) is 4.79 Å². The van der Waals surface area contributed by atoms with Gasteiger partial charge >= 0.3 is 5.97 Å². The van der Waals surface area contributed by atoms with Crippen molar-refractivity contribution in [2.45, 2.75) is 12.8 Å². The summed E-state index contributed by atoms with van der Waals surface area (Å²) in [5, 5.41) is 0.